The summed E-state index contributed by atoms with van der Waals surface area (Å²) in [5.74, 6) is 4.07. The van der Waals surface area contributed by atoms with Crippen LogP contribution in [0.4, 0.5) is 0 Å². The molecule has 6 atom stereocenters. The Morgan fingerprint density at radius 2 is 1.74 bits per heavy atom. The summed E-state index contributed by atoms with van der Waals surface area (Å²) in [6, 6.07) is 0. The molecular weight excluding hydrogens is 280 g/mol. The summed E-state index contributed by atoms with van der Waals surface area (Å²) >= 11 is 0. The zero-order valence-corrected chi connectivity index (χ0v) is 15.7. The third-order valence-electron chi connectivity index (χ3n) is 8.11. The van der Waals surface area contributed by atoms with Gasteiger partial charge >= 0.3 is 0 Å². The molecule has 23 heavy (non-hydrogen) atoms. The average molecular weight is 317 g/mol. The average Bonchev–Trinajstić information content (AvgIpc) is 2.89. The van der Waals surface area contributed by atoms with Crippen LogP contribution in [0.15, 0.2) is 12.2 Å². The fraction of sp³-hybridized carbons (Fsp3) is 0.864. The van der Waals surface area contributed by atoms with Gasteiger partial charge in [-0.2, -0.15) is 0 Å². The molecule has 0 aromatic heterocycles. The van der Waals surface area contributed by atoms with Gasteiger partial charge in [0.25, 0.3) is 0 Å². The van der Waals surface area contributed by atoms with E-state index in [1.165, 1.54) is 44.9 Å². The molecule has 4 rings (SSSR count). The molecule has 0 spiro atoms. The molecule has 4 aliphatic carbocycles. The lowest BCUT2D eigenvalue weighted by atomic mass is 9.47. The molecule has 0 heterocycles. The van der Waals surface area contributed by atoms with Gasteiger partial charge in [0.1, 0.15) is 5.78 Å². The Hall–Kier alpha value is -0.590. The van der Waals surface area contributed by atoms with E-state index in [1.54, 1.807) is 0 Å². The predicted octanol–water partition coefficient (Wildman–Crippen LogP) is 6.18. The van der Waals surface area contributed by atoms with Crippen molar-refractivity contribution in [3.63, 3.8) is 0 Å². The molecule has 0 amide bonds. The molecule has 0 aliphatic heterocycles. The summed E-state index contributed by atoms with van der Waals surface area (Å²) < 4.78 is 0. The van der Waals surface area contributed by atoms with Gasteiger partial charge in [-0.25, -0.2) is 0 Å². The summed E-state index contributed by atoms with van der Waals surface area (Å²) in [4.78, 5) is 12.0. The first kappa shape index (κ1) is 17.2. The van der Waals surface area contributed by atoms with Crippen LogP contribution < -0.4 is 0 Å². The van der Waals surface area contributed by atoms with Crippen molar-refractivity contribution in [1.82, 2.24) is 0 Å². The smallest absolute Gasteiger partial charge is 0.132 e. The van der Waals surface area contributed by atoms with E-state index in [-0.39, 0.29) is 0 Å². The molecule has 130 valence electrons. The maximum atomic E-state index is 12.0. The number of allylic oxidation sites excluding steroid dienone is 2. The molecule has 1 nitrogen and oxygen atoms in total. The van der Waals surface area contributed by atoms with E-state index < -0.39 is 0 Å². The fourth-order valence-electron chi connectivity index (χ4n) is 6.75. The van der Waals surface area contributed by atoms with Gasteiger partial charge < -0.3 is 0 Å². The maximum absolute atomic E-state index is 12.0. The van der Waals surface area contributed by atoms with Crippen LogP contribution in [0.3, 0.4) is 0 Å². The number of fused-ring (bicyclic) bond motifs is 5. The first-order chi connectivity index (χ1) is 11.0. The van der Waals surface area contributed by atoms with E-state index in [0.29, 0.717) is 16.6 Å². The highest BCUT2D eigenvalue weighted by Crippen LogP contribution is 2.64. The molecule has 0 aromatic carbocycles. The van der Waals surface area contributed by atoms with E-state index in [0.717, 1.165) is 36.5 Å². The minimum atomic E-state index is 0.457. The van der Waals surface area contributed by atoms with Crippen LogP contribution in [-0.2, 0) is 4.79 Å². The Labute approximate surface area is 143 Å². The quantitative estimate of drug-likeness (QED) is 0.488. The third kappa shape index (κ3) is 2.72. The second kappa shape index (κ2) is 6.37. The molecule has 6 unspecified atom stereocenters. The van der Waals surface area contributed by atoms with Gasteiger partial charge in [0.2, 0.25) is 0 Å². The molecular formula is C22H36O. The van der Waals surface area contributed by atoms with Crippen LogP contribution in [0.1, 0.15) is 85.5 Å². The van der Waals surface area contributed by atoms with Gasteiger partial charge in [-0.05, 0) is 79.4 Å². The highest BCUT2D eigenvalue weighted by atomic mass is 16.1. The molecule has 3 fully saturated rings. The van der Waals surface area contributed by atoms with Crippen LogP contribution in [0.2, 0.25) is 0 Å². The summed E-state index contributed by atoms with van der Waals surface area (Å²) in [7, 11) is 0. The first-order valence-electron chi connectivity index (χ1n) is 10.2. The molecule has 0 aromatic rings. The van der Waals surface area contributed by atoms with E-state index in [1.807, 2.05) is 13.8 Å². The van der Waals surface area contributed by atoms with E-state index in [9.17, 15) is 4.79 Å². The number of carbonyl (C=O) groups excluding carboxylic acids is 1. The predicted molar refractivity (Wildman–Crippen MR) is 97.2 cm³/mol. The van der Waals surface area contributed by atoms with E-state index in [2.05, 4.69) is 26.0 Å². The van der Waals surface area contributed by atoms with Gasteiger partial charge in [0.15, 0.2) is 0 Å². The standard InChI is InChI=1S/C20H30O.C2H6/c1-19-11-3-4-17(19)16-8-6-14-5-7-15(21)9-13-20(14,2)18(16)10-12-19;1-2/h3,11,14,16-18H,4-10,12-13H2,1-2H3;1-2H3. The zero-order valence-electron chi connectivity index (χ0n) is 15.7. The highest BCUT2D eigenvalue weighted by molar-refractivity contribution is 5.78. The SMILES string of the molecule is CC.CC12C=CCC1C1CCC3CCC(=O)CCC3(C)C1CC2. The van der Waals surface area contributed by atoms with Crippen LogP contribution in [0.5, 0.6) is 0 Å². The first-order valence-corrected chi connectivity index (χ1v) is 10.2. The molecule has 0 N–H and O–H groups in total. The maximum Gasteiger partial charge on any atom is 0.132 e. The van der Waals surface area contributed by atoms with Crippen molar-refractivity contribution in [3.05, 3.63) is 12.2 Å². The van der Waals surface area contributed by atoms with Crippen LogP contribution in [-0.4, -0.2) is 5.78 Å². The molecule has 0 radical (unpaired) electrons. The molecule has 1 heteroatoms. The third-order valence-corrected chi connectivity index (χ3v) is 8.11. The lowest BCUT2D eigenvalue weighted by molar-refractivity contribution is -0.119. The lowest BCUT2D eigenvalue weighted by Crippen LogP contribution is -2.50. The van der Waals surface area contributed by atoms with Crippen LogP contribution >= 0.6 is 0 Å². The van der Waals surface area contributed by atoms with Gasteiger partial charge in [-0.15, -0.1) is 0 Å². The Kier molecular flexibility index (Phi) is 4.78. The number of hydrogen-bond donors (Lipinski definition) is 0. The summed E-state index contributed by atoms with van der Waals surface area (Å²) in [5, 5.41) is 0. The normalized spacial score (nSPS) is 48.4. The topological polar surface area (TPSA) is 17.1 Å². The zero-order chi connectivity index (χ0) is 16.7. The van der Waals surface area contributed by atoms with Crippen molar-refractivity contribution in [2.24, 2.45) is 34.5 Å². The van der Waals surface area contributed by atoms with Crippen LogP contribution in [0.25, 0.3) is 0 Å². The van der Waals surface area contributed by atoms with Crippen molar-refractivity contribution in [1.29, 1.82) is 0 Å². The molecule has 4 aliphatic rings. The summed E-state index contributed by atoms with van der Waals surface area (Å²) in [5.41, 5.74) is 0.948. The number of carbonyl (C=O) groups is 1. The summed E-state index contributed by atoms with van der Waals surface area (Å²) in [6.45, 7) is 9.06. The number of hydrogen-bond acceptors (Lipinski definition) is 1. The van der Waals surface area contributed by atoms with Crippen LogP contribution in [0, 0.1) is 34.5 Å². The second-order valence-electron chi connectivity index (χ2n) is 8.92. The monoisotopic (exact) mass is 316 g/mol. The van der Waals surface area contributed by atoms with Crippen molar-refractivity contribution >= 4 is 5.78 Å². The molecule has 0 bridgehead atoms. The molecule has 0 saturated heterocycles. The minimum absolute atomic E-state index is 0.457. The fourth-order valence-corrected chi connectivity index (χ4v) is 6.75. The lowest BCUT2D eigenvalue weighted by Gasteiger charge is -2.58. The molecule has 3 saturated carbocycles. The van der Waals surface area contributed by atoms with Crippen molar-refractivity contribution in [3.8, 4) is 0 Å². The Balaban J connectivity index is 0.000000753. The van der Waals surface area contributed by atoms with Crippen molar-refractivity contribution in [2.45, 2.75) is 85.5 Å². The van der Waals surface area contributed by atoms with E-state index in [4.69, 9.17) is 0 Å². The van der Waals surface area contributed by atoms with Crippen molar-refractivity contribution in [2.75, 3.05) is 0 Å². The van der Waals surface area contributed by atoms with E-state index >= 15 is 0 Å². The Morgan fingerprint density at radius 3 is 2.52 bits per heavy atom. The highest BCUT2D eigenvalue weighted by Gasteiger charge is 2.56. The minimum Gasteiger partial charge on any atom is -0.300 e. The number of ketones is 1. The Bertz CT molecular complexity index is 478. The van der Waals surface area contributed by atoms with Gasteiger partial charge in [-0.1, -0.05) is 39.8 Å². The number of rotatable bonds is 0. The summed E-state index contributed by atoms with van der Waals surface area (Å²) in [6.07, 6.45) is 16.0. The number of Topliss-reactive ketones (excluding diaryl/α,β-unsaturated/α-hetero) is 1. The van der Waals surface area contributed by atoms with Gasteiger partial charge in [0.05, 0.1) is 0 Å². The van der Waals surface area contributed by atoms with Crippen molar-refractivity contribution < 1.29 is 4.79 Å². The van der Waals surface area contributed by atoms with Gasteiger partial charge in [-0.3, -0.25) is 4.79 Å². The van der Waals surface area contributed by atoms with Gasteiger partial charge in [0, 0.05) is 12.8 Å². The second-order valence-corrected chi connectivity index (χ2v) is 8.92. The largest absolute Gasteiger partial charge is 0.300 e. The Morgan fingerprint density at radius 1 is 0.957 bits per heavy atom.